The molecular weight excluding hydrogens is 241 g/mol. The van der Waals surface area contributed by atoms with Crippen LogP contribution in [0.1, 0.15) is 18.0 Å². The highest BCUT2D eigenvalue weighted by Gasteiger charge is 2.17. The lowest BCUT2D eigenvalue weighted by Gasteiger charge is -2.05. The van der Waals surface area contributed by atoms with Crippen LogP contribution in [0.4, 0.5) is 4.39 Å². The van der Waals surface area contributed by atoms with Crippen LogP contribution in [0, 0.1) is 5.82 Å². The predicted molar refractivity (Wildman–Crippen MR) is 64.5 cm³/mol. The number of nitrogens with zero attached hydrogens (tertiary/aromatic N) is 2. The van der Waals surface area contributed by atoms with E-state index in [0.717, 1.165) is 0 Å². The van der Waals surface area contributed by atoms with Crippen LogP contribution in [0.15, 0.2) is 18.2 Å². The standard InChI is InChI=1S/C11H12FN3OS/c1-6(13)10-14-15-11(17-10)9-7(12)4-3-5-8(9)16-2/h3-6H,13H2,1-2H3. The minimum Gasteiger partial charge on any atom is -0.496 e. The maximum atomic E-state index is 13.8. The number of aromatic nitrogens is 2. The number of rotatable bonds is 3. The average molecular weight is 253 g/mol. The normalized spacial score (nSPS) is 12.5. The van der Waals surface area contributed by atoms with E-state index in [9.17, 15) is 4.39 Å². The summed E-state index contributed by atoms with van der Waals surface area (Å²) in [5.41, 5.74) is 6.03. The van der Waals surface area contributed by atoms with Gasteiger partial charge in [0, 0.05) is 0 Å². The van der Waals surface area contributed by atoms with Crippen molar-refractivity contribution >= 4 is 11.3 Å². The first-order valence-electron chi connectivity index (χ1n) is 5.05. The van der Waals surface area contributed by atoms with Gasteiger partial charge in [0.25, 0.3) is 0 Å². The molecule has 0 aliphatic carbocycles. The Morgan fingerprint density at radius 2 is 2.18 bits per heavy atom. The zero-order valence-corrected chi connectivity index (χ0v) is 10.3. The van der Waals surface area contributed by atoms with Crippen LogP contribution in [-0.2, 0) is 0 Å². The third-order valence-electron chi connectivity index (χ3n) is 2.24. The fraction of sp³-hybridized carbons (Fsp3) is 0.273. The number of halogens is 1. The highest BCUT2D eigenvalue weighted by molar-refractivity contribution is 7.14. The Morgan fingerprint density at radius 1 is 1.41 bits per heavy atom. The highest BCUT2D eigenvalue weighted by atomic mass is 32.1. The second-order valence-electron chi connectivity index (χ2n) is 3.55. The Balaban J connectivity index is 2.51. The molecule has 0 radical (unpaired) electrons. The van der Waals surface area contributed by atoms with Crippen LogP contribution in [0.25, 0.3) is 10.6 Å². The van der Waals surface area contributed by atoms with Crippen molar-refractivity contribution in [1.82, 2.24) is 10.2 Å². The molecule has 0 spiro atoms. The Hall–Kier alpha value is -1.53. The fourth-order valence-electron chi connectivity index (χ4n) is 1.40. The summed E-state index contributed by atoms with van der Waals surface area (Å²) in [6.45, 7) is 1.81. The van der Waals surface area contributed by atoms with Crippen LogP contribution in [0.5, 0.6) is 5.75 Å². The van der Waals surface area contributed by atoms with E-state index < -0.39 is 0 Å². The quantitative estimate of drug-likeness (QED) is 0.912. The molecule has 0 saturated heterocycles. The highest BCUT2D eigenvalue weighted by Crippen LogP contribution is 2.35. The molecule has 1 aromatic heterocycles. The third kappa shape index (κ3) is 2.27. The molecule has 1 aromatic carbocycles. The lowest BCUT2D eigenvalue weighted by molar-refractivity contribution is 0.413. The first-order valence-corrected chi connectivity index (χ1v) is 5.87. The van der Waals surface area contributed by atoms with Gasteiger partial charge < -0.3 is 10.5 Å². The zero-order valence-electron chi connectivity index (χ0n) is 9.48. The molecule has 0 fully saturated rings. The lowest BCUT2D eigenvalue weighted by Crippen LogP contribution is -2.03. The van der Waals surface area contributed by atoms with Crippen LogP contribution in [0.2, 0.25) is 0 Å². The molecule has 0 amide bonds. The molecule has 6 heteroatoms. The van der Waals surface area contributed by atoms with Gasteiger partial charge in [-0.25, -0.2) is 4.39 Å². The van der Waals surface area contributed by atoms with Crippen molar-refractivity contribution in [2.45, 2.75) is 13.0 Å². The van der Waals surface area contributed by atoms with Gasteiger partial charge >= 0.3 is 0 Å². The lowest BCUT2D eigenvalue weighted by atomic mass is 10.2. The number of nitrogens with two attached hydrogens (primary N) is 1. The number of hydrogen-bond acceptors (Lipinski definition) is 5. The second-order valence-corrected chi connectivity index (χ2v) is 4.56. The molecule has 1 heterocycles. The molecule has 0 aliphatic rings. The molecule has 1 atom stereocenters. The molecule has 17 heavy (non-hydrogen) atoms. The first-order chi connectivity index (χ1) is 8.13. The maximum absolute atomic E-state index is 13.8. The van der Waals surface area contributed by atoms with Crippen molar-refractivity contribution in [2.24, 2.45) is 5.73 Å². The summed E-state index contributed by atoms with van der Waals surface area (Å²) in [6, 6.07) is 4.43. The first kappa shape index (κ1) is 11.9. The number of hydrogen-bond donors (Lipinski definition) is 1. The average Bonchev–Trinajstić information content (AvgIpc) is 2.77. The second kappa shape index (κ2) is 4.77. The molecule has 90 valence electrons. The largest absolute Gasteiger partial charge is 0.496 e. The summed E-state index contributed by atoms with van der Waals surface area (Å²) in [5, 5.41) is 9.03. The van der Waals surface area contributed by atoms with E-state index >= 15 is 0 Å². The van der Waals surface area contributed by atoms with Crippen molar-refractivity contribution < 1.29 is 9.13 Å². The van der Waals surface area contributed by atoms with Crippen molar-refractivity contribution in [1.29, 1.82) is 0 Å². The van der Waals surface area contributed by atoms with E-state index in [-0.39, 0.29) is 11.9 Å². The molecule has 0 aliphatic heterocycles. The third-order valence-corrected chi connectivity index (χ3v) is 3.38. The van der Waals surface area contributed by atoms with Gasteiger partial charge in [0.1, 0.15) is 16.6 Å². The minimum atomic E-state index is -0.378. The van der Waals surface area contributed by atoms with E-state index in [1.54, 1.807) is 12.1 Å². The van der Waals surface area contributed by atoms with E-state index in [1.807, 2.05) is 6.92 Å². The summed E-state index contributed by atoms with van der Waals surface area (Å²) in [6.07, 6.45) is 0. The number of benzene rings is 1. The predicted octanol–water partition coefficient (Wildman–Crippen LogP) is 2.37. The summed E-state index contributed by atoms with van der Waals surface area (Å²) >= 11 is 1.27. The van der Waals surface area contributed by atoms with Crippen molar-refractivity contribution in [3.63, 3.8) is 0 Å². The van der Waals surface area contributed by atoms with Gasteiger partial charge in [-0.3, -0.25) is 0 Å². The van der Waals surface area contributed by atoms with Crippen LogP contribution < -0.4 is 10.5 Å². The molecule has 0 saturated carbocycles. The van der Waals surface area contributed by atoms with Crippen molar-refractivity contribution in [3.8, 4) is 16.3 Å². The molecule has 1 unspecified atom stereocenters. The Labute approximate surface area is 102 Å². The van der Waals surface area contributed by atoms with E-state index in [1.165, 1.54) is 24.5 Å². The van der Waals surface area contributed by atoms with Crippen LogP contribution in [-0.4, -0.2) is 17.3 Å². The smallest absolute Gasteiger partial charge is 0.154 e. The van der Waals surface area contributed by atoms with Gasteiger partial charge in [-0.1, -0.05) is 17.4 Å². The van der Waals surface area contributed by atoms with Gasteiger partial charge in [-0.15, -0.1) is 10.2 Å². The summed E-state index contributed by atoms with van der Waals surface area (Å²) in [7, 11) is 1.49. The Morgan fingerprint density at radius 3 is 2.76 bits per heavy atom. The van der Waals surface area contributed by atoms with E-state index in [2.05, 4.69) is 10.2 Å². The molecule has 2 rings (SSSR count). The molecule has 2 aromatic rings. The van der Waals surface area contributed by atoms with Crippen LogP contribution in [0.3, 0.4) is 0 Å². The summed E-state index contributed by atoms with van der Waals surface area (Å²) in [5.74, 6) is 0.0640. The maximum Gasteiger partial charge on any atom is 0.154 e. The topological polar surface area (TPSA) is 61.0 Å². The van der Waals surface area contributed by atoms with Gasteiger partial charge in [-0.2, -0.15) is 0 Å². The van der Waals surface area contributed by atoms with E-state index in [0.29, 0.717) is 21.3 Å². The molecular formula is C11H12FN3OS. The Kier molecular flexibility index (Phi) is 3.35. The monoisotopic (exact) mass is 253 g/mol. The molecule has 0 bridgehead atoms. The van der Waals surface area contributed by atoms with Crippen molar-refractivity contribution in [3.05, 3.63) is 29.0 Å². The van der Waals surface area contributed by atoms with Gasteiger partial charge in [0.2, 0.25) is 0 Å². The van der Waals surface area contributed by atoms with Crippen molar-refractivity contribution in [2.75, 3.05) is 7.11 Å². The van der Waals surface area contributed by atoms with E-state index in [4.69, 9.17) is 10.5 Å². The Bertz CT molecular complexity index is 527. The summed E-state index contributed by atoms with van der Waals surface area (Å²) in [4.78, 5) is 0. The zero-order chi connectivity index (χ0) is 12.4. The fourth-order valence-corrected chi connectivity index (χ4v) is 2.25. The summed E-state index contributed by atoms with van der Waals surface area (Å²) < 4.78 is 18.9. The van der Waals surface area contributed by atoms with Crippen LogP contribution >= 0.6 is 11.3 Å². The minimum absolute atomic E-state index is 0.209. The van der Waals surface area contributed by atoms with Gasteiger partial charge in [-0.05, 0) is 19.1 Å². The molecule has 2 N–H and O–H groups in total. The van der Waals surface area contributed by atoms with Gasteiger partial charge in [0.15, 0.2) is 5.01 Å². The van der Waals surface area contributed by atoms with Gasteiger partial charge in [0.05, 0.1) is 18.7 Å². The SMILES string of the molecule is COc1cccc(F)c1-c1nnc(C(C)N)s1. The molecule has 4 nitrogen and oxygen atoms in total. The number of ether oxygens (including phenoxy) is 1. The number of methoxy groups -OCH3 is 1.